The zero-order valence-corrected chi connectivity index (χ0v) is 20.7. The molecule has 0 bridgehead atoms. The fourth-order valence-corrected chi connectivity index (χ4v) is 5.69. The van der Waals surface area contributed by atoms with Crippen molar-refractivity contribution in [2.45, 2.75) is 32.9 Å². The van der Waals surface area contributed by atoms with Crippen LogP contribution in [0.25, 0.3) is 0 Å². The van der Waals surface area contributed by atoms with Gasteiger partial charge in [-0.15, -0.1) is 11.3 Å². The lowest BCUT2D eigenvalue weighted by Gasteiger charge is -2.42. The molecule has 32 heavy (non-hydrogen) atoms. The number of piperazine rings is 1. The van der Waals surface area contributed by atoms with E-state index in [2.05, 4.69) is 107 Å². The summed E-state index contributed by atoms with van der Waals surface area (Å²) in [6.45, 7) is 10.6. The first-order chi connectivity index (χ1) is 15.5. The summed E-state index contributed by atoms with van der Waals surface area (Å²) in [5, 5.41) is 9.83. The van der Waals surface area contributed by atoms with Gasteiger partial charge >= 0.3 is 0 Å². The summed E-state index contributed by atoms with van der Waals surface area (Å²) in [7, 11) is 0. The summed E-state index contributed by atoms with van der Waals surface area (Å²) < 4.78 is 0. The third-order valence-electron chi connectivity index (χ3n) is 6.35. The van der Waals surface area contributed by atoms with Crippen molar-refractivity contribution < 1.29 is 0 Å². The minimum atomic E-state index is 0.182. The highest BCUT2D eigenvalue weighted by molar-refractivity contribution is 7.80. The van der Waals surface area contributed by atoms with Gasteiger partial charge in [-0.2, -0.15) is 0 Å². The fraction of sp³-hybridized carbons (Fsp3) is 0.346. The van der Waals surface area contributed by atoms with Crippen molar-refractivity contribution in [1.29, 1.82) is 0 Å². The van der Waals surface area contributed by atoms with E-state index in [1.807, 2.05) is 11.3 Å². The monoisotopic (exact) mass is 464 g/mol. The van der Waals surface area contributed by atoms with Gasteiger partial charge in [0, 0.05) is 48.5 Å². The standard InChI is InChI=1S/C26H32N4S2/c1-19-9-7-12-23(20(19)2)28-26(31)27-21(3)25(24-13-8-18-32-24)30-16-14-29(15-17-30)22-10-5-4-6-11-22/h4-13,18,21,25H,14-17H2,1-3H3,(H2,27,28,31)/t21-,25+/m1/s1. The SMILES string of the molecule is Cc1cccc(NC(=S)N[C@H](C)[C@@H](c2cccs2)N2CCN(c3ccccc3)CC2)c1C. The number of nitrogens with one attached hydrogen (secondary N) is 2. The number of anilines is 2. The summed E-state index contributed by atoms with van der Waals surface area (Å²) >= 11 is 7.53. The quantitative estimate of drug-likeness (QED) is 0.464. The van der Waals surface area contributed by atoms with Crippen molar-refractivity contribution in [3.8, 4) is 0 Å². The molecule has 0 aliphatic carbocycles. The third kappa shape index (κ3) is 5.31. The molecule has 0 amide bonds. The Labute approximate surface area is 201 Å². The van der Waals surface area contributed by atoms with E-state index >= 15 is 0 Å². The molecule has 168 valence electrons. The Balaban J connectivity index is 1.43. The van der Waals surface area contributed by atoms with Gasteiger partial charge in [-0.3, -0.25) is 4.90 Å². The average Bonchev–Trinajstić information content (AvgIpc) is 3.32. The second kappa shape index (κ2) is 10.5. The normalized spacial score (nSPS) is 16.4. The molecule has 4 nitrogen and oxygen atoms in total. The summed E-state index contributed by atoms with van der Waals surface area (Å²) in [5.74, 6) is 0. The van der Waals surface area contributed by atoms with Gasteiger partial charge in [0.25, 0.3) is 0 Å². The second-order valence-electron chi connectivity index (χ2n) is 8.45. The molecule has 1 aliphatic heterocycles. The maximum atomic E-state index is 5.70. The van der Waals surface area contributed by atoms with Gasteiger partial charge in [-0.1, -0.05) is 36.4 Å². The third-order valence-corrected chi connectivity index (χ3v) is 7.51. The lowest BCUT2D eigenvalue weighted by atomic mass is 10.0. The van der Waals surface area contributed by atoms with Crippen LogP contribution in [0.2, 0.25) is 0 Å². The molecule has 2 heterocycles. The van der Waals surface area contributed by atoms with Crippen molar-refractivity contribution in [2.24, 2.45) is 0 Å². The van der Waals surface area contributed by atoms with Crippen LogP contribution in [-0.2, 0) is 0 Å². The van der Waals surface area contributed by atoms with Crippen molar-refractivity contribution in [1.82, 2.24) is 10.2 Å². The second-order valence-corrected chi connectivity index (χ2v) is 9.84. The largest absolute Gasteiger partial charge is 0.369 e. The maximum Gasteiger partial charge on any atom is 0.171 e. The van der Waals surface area contributed by atoms with Gasteiger partial charge in [0.2, 0.25) is 0 Å². The lowest BCUT2D eigenvalue weighted by Crippen LogP contribution is -2.52. The molecule has 6 heteroatoms. The molecule has 2 N–H and O–H groups in total. The van der Waals surface area contributed by atoms with Crippen LogP contribution in [-0.4, -0.2) is 42.2 Å². The highest BCUT2D eigenvalue weighted by Gasteiger charge is 2.30. The Morgan fingerprint density at radius 3 is 2.38 bits per heavy atom. The minimum Gasteiger partial charge on any atom is -0.369 e. The van der Waals surface area contributed by atoms with Gasteiger partial charge < -0.3 is 15.5 Å². The van der Waals surface area contributed by atoms with E-state index < -0.39 is 0 Å². The topological polar surface area (TPSA) is 30.5 Å². The molecule has 0 radical (unpaired) electrons. The molecule has 1 aromatic heterocycles. The summed E-state index contributed by atoms with van der Waals surface area (Å²) in [5.41, 5.74) is 4.87. The Kier molecular flexibility index (Phi) is 7.45. The van der Waals surface area contributed by atoms with E-state index in [4.69, 9.17) is 12.2 Å². The first-order valence-corrected chi connectivity index (χ1v) is 12.5. The predicted octanol–water partition coefficient (Wildman–Crippen LogP) is 5.60. The van der Waals surface area contributed by atoms with Gasteiger partial charge in [-0.25, -0.2) is 0 Å². The summed E-state index contributed by atoms with van der Waals surface area (Å²) in [6, 6.07) is 21.9. The first-order valence-electron chi connectivity index (χ1n) is 11.2. The molecular weight excluding hydrogens is 432 g/mol. The van der Waals surface area contributed by atoms with Crippen LogP contribution in [0.4, 0.5) is 11.4 Å². The summed E-state index contributed by atoms with van der Waals surface area (Å²) in [4.78, 5) is 6.46. The van der Waals surface area contributed by atoms with Crippen molar-refractivity contribution >= 4 is 40.0 Å². The van der Waals surface area contributed by atoms with Crippen LogP contribution in [0.1, 0.15) is 29.0 Å². The van der Waals surface area contributed by atoms with E-state index in [9.17, 15) is 0 Å². The minimum absolute atomic E-state index is 0.182. The molecule has 0 unspecified atom stereocenters. The van der Waals surface area contributed by atoms with Crippen molar-refractivity contribution in [3.05, 3.63) is 82.0 Å². The number of aryl methyl sites for hydroxylation is 1. The molecular formula is C26H32N4S2. The molecule has 0 spiro atoms. The Morgan fingerprint density at radius 1 is 0.938 bits per heavy atom. The van der Waals surface area contributed by atoms with Gasteiger partial charge in [0.15, 0.2) is 5.11 Å². The smallest absolute Gasteiger partial charge is 0.171 e. The number of para-hydroxylation sites is 1. The average molecular weight is 465 g/mol. The Hall–Kier alpha value is -2.41. The van der Waals surface area contributed by atoms with Crippen LogP contribution in [0.5, 0.6) is 0 Å². The van der Waals surface area contributed by atoms with Crippen molar-refractivity contribution in [2.75, 3.05) is 36.4 Å². The van der Waals surface area contributed by atoms with E-state index in [0.717, 1.165) is 31.9 Å². The van der Waals surface area contributed by atoms with Crippen molar-refractivity contribution in [3.63, 3.8) is 0 Å². The van der Waals surface area contributed by atoms with Gasteiger partial charge in [0.05, 0.1) is 6.04 Å². The molecule has 2 aromatic carbocycles. The Morgan fingerprint density at radius 2 is 1.69 bits per heavy atom. The number of thiocarbonyl (C=S) groups is 1. The number of hydrogen-bond donors (Lipinski definition) is 2. The van der Waals surface area contributed by atoms with Crippen LogP contribution >= 0.6 is 23.6 Å². The molecule has 0 saturated carbocycles. The number of hydrogen-bond acceptors (Lipinski definition) is 4. The molecule has 1 fully saturated rings. The van der Waals surface area contributed by atoms with E-state index in [0.29, 0.717) is 5.11 Å². The lowest BCUT2D eigenvalue weighted by molar-refractivity contribution is 0.163. The first kappa shape index (κ1) is 22.8. The van der Waals surface area contributed by atoms with Crippen LogP contribution in [0.15, 0.2) is 66.0 Å². The van der Waals surface area contributed by atoms with E-state index in [1.54, 1.807) is 0 Å². The summed E-state index contributed by atoms with van der Waals surface area (Å²) in [6.07, 6.45) is 0. The molecule has 3 aromatic rings. The number of benzene rings is 2. The zero-order chi connectivity index (χ0) is 22.5. The molecule has 1 saturated heterocycles. The van der Waals surface area contributed by atoms with Crippen LogP contribution in [0.3, 0.4) is 0 Å². The molecule has 1 aliphatic rings. The number of nitrogens with zero attached hydrogens (tertiary/aromatic N) is 2. The predicted molar refractivity (Wildman–Crippen MR) is 142 cm³/mol. The number of thiophene rings is 1. The van der Waals surface area contributed by atoms with E-state index in [1.165, 1.54) is 21.7 Å². The van der Waals surface area contributed by atoms with E-state index in [-0.39, 0.29) is 12.1 Å². The highest BCUT2D eigenvalue weighted by Crippen LogP contribution is 2.30. The highest BCUT2D eigenvalue weighted by atomic mass is 32.1. The Bertz CT molecular complexity index is 1010. The van der Waals surface area contributed by atoms with Crippen LogP contribution in [0, 0.1) is 13.8 Å². The van der Waals surface area contributed by atoms with Gasteiger partial charge in [0.1, 0.15) is 0 Å². The van der Waals surface area contributed by atoms with Crippen LogP contribution < -0.4 is 15.5 Å². The number of rotatable bonds is 6. The molecule has 4 rings (SSSR count). The zero-order valence-electron chi connectivity index (χ0n) is 19.0. The maximum absolute atomic E-state index is 5.70. The van der Waals surface area contributed by atoms with Gasteiger partial charge in [-0.05, 0) is 73.8 Å². The molecule has 2 atom stereocenters. The fourth-order valence-electron chi connectivity index (χ4n) is 4.43.